The molecule has 21 heavy (non-hydrogen) atoms. The molecule has 0 bridgehead atoms. The van der Waals surface area contributed by atoms with Crippen molar-refractivity contribution in [2.45, 2.75) is 30.6 Å². The molecular weight excluding hydrogens is 292 g/mol. The van der Waals surface area contributed by atoms with Gasteiger partial charge in [-0.3, -0.25) is 4.79 Å². The zero-order valence-corrected chi connectivity index (χ0v) is 12.1. The van der Waals surface area contributed by atoms with Crippen LogP contribution in [-0.4, -0.2) is 35.8 Å². The molecule has 1 aromatic carbocycles. The predicted molar refractivity (Wildman–Crippen MR) is 78.5 cm³/mol. The number of aromatic amines is 1. The molecule has 3 N–H and O–H groups in total. The van der Waals surface area contributed by atoms with Gasteiger partial charge in [0.25, 0.3) is 0 Å². The highest BCUT2D eigenvalue weighted by molar-refractivity contribution is 7.90. The summed E-state index contributed by atoms with van der Waals surface area (Å²) in [6, 6.07) is 6.38. The first-order chi connectivity index (χ1) is 9.97. The second-order valence-electron chi connectivity index (χ2n) is 5.32. The summed E-state index contributed by atoms with van der Waals surface area (Å²) in [6.07, 6.45) is 3.06. The maximum absolute atomic E-state index is 11.9. The largest absolute Gasteiger partial charge is 0.480 e. The Morgan fingerprint density at radius 1 is 1.38 bits per heavy atom. The van der Waals surface area contributed by atoms with Crippen molar-refractivity contribution in [1.82, 2.24) is 9.71 Å². The van der Waals surface area contributed by atoms with Gasteiger partial charge in [-0.2, -0.15) is 0 Å². The van der Waals surface area contributed by atoms with E-state index in [0.717, 1.165) is 16.5 Å². The van der Waals surface area contributed by atoms with Gasteiger partial charge in [0.2, 0.25) is 10.0 Å². The number of aliphatic carboxylic acids is 1. The number of H-pyrrole nitrogens is 1. The van der Waals surface area contributed by atoms with Crippen molar-refractivity contribution in [1.29, 1.82) is 0 Å². The molecule has 6 nitrogen and oxygen atoms in total. The fourth-order valence-corrected chi connectivity index (χ4v) is 3.90. The molecule has 3 rings (SSSR count). The number of carbonyl (C=O) groups is 1. The van der Waals surface area contributed by atoms with Gasteiger partial charge in [0.1, 0.15) is 6.04 Å². The lowest BCUT2D eigenvalue weighted by atomic mass is 10.1. The van der Waals surface area contributed by atoms with Gasteiger partial charge in [-0.15, -0.1) is 0 Å². The number of para-hydroxylation sites is 1. The Hall–Kier alpha value is -1.86. The normalized spacial score (nSPS) is 17.0. The van der Waals surface area contributed by atoms with Gasteiger partial charge in [0, 0.05) is 23.5 Å². The first-order valence-electron chi connectivity index (χ1n) is 6.76. The average Bonchev–Trinajstić information content (AvgIpc) is 3.22. The average molecular weight is 308 g/mol. The van der Waals surface area contributed by atoms with Crippen LogP contribution < -0.4 is 4.72 Å². The summed E-state index contributed by atoms with van der Waals surface area (Å²) in [5, 5.41) is 9.76. The highest BCUT2D eigenvalue weighted by Gasteiger charge is 2.38. The second-order valence-corrected chi connectivity index (χ2v) is 7.31. The molecule has 2 aromatic rings. The number of rotatable bonds is 6. The van der Waals surface area contributed by atoms with Crippen LogP contribution in [0.1, 0.15) is 18.4 Å². The Morgan fingerprint density at radius 2 is 2.10 bits per heavy atom. The van der Waals surface area contributed by atoms with E-state index >= 15 is 0 Å². The molecule has 0 unspecified atom stereocenters. The highest BCUT2D eigenvalue weighted by atomic mass is 32.2. The fraction of sp³-hybridized carbons (Fsp3) is 0.357. The molecule has 0 spiro atoms. The van der Waals surface area contributed by atoms with E-state index in [1.165, 1.54) is 0 Å². The minimum atomic E-state index is -3.53. The lowest BCUT2D eigenvalue weighted by Gasteiger charge is -2.14. The summed E-state index contributed by atoms with van der Waals surface area (Å²) in [5.74, 6) is -1.16. The molecule has 1 aliphatic rings. The third-order valence-corrected chi connectivity index (χ3v) is 5.63. The molecule has 1 saturated carbocycles. The Balaban J connectivity index is 1.83. The molecule has 1 heterocycles. The molecule has 1 aromatic heterocycles. The van der Waals surface area contributed by atoms with Gasteiger partial charge < -0.3 is 10.1 Å². The van der Waals surface area contributed by atoms with E-state index in [4.69, 9.17) is 0 Å². The van der Waals surface area contributed by atoms with E-state index in [9.17, 15) is 18.3 Å². The van der Waals surface area contributed by atoms with E-state index in [-0.39, 0.29) is 6.42 Å². The molecular formula is C14H16N2O4S. The van der Waals surface area contributed by atoms with Gasteiger partial charge in [-0.25, -0.2) is 13.1 Å². The summed E-state index contributed by atoms with van der Waals surface area (Å²) < 4.78 is 26.2. The Morgan fingerprint density at radius 3 is 2.76 bits per heavy atom. The molecule has 7 heteroatoms. The van der Waals surface area contributed by atoms with Gasteiger partial charge in [-0.05, 0) is 24.5 Å². The molecule has 0 aliphatic heterocycles. The zero-order valence-electron chi connectivity index (χ0n) is 11.2. The van der Waals surface area contributed by atoms with Crippen molar-refractivity contribution in [2.24, 2.45) is 0 Å². The van der Waals surface area contributed by atoms with E-state index in [2.05, 4.69) is 9.71 Å². The lowest BCUT2D eigenvalue weighted by molar-refractivity contribution is -0.138. The number of nitrogens with one attached hydrogen (secondary N) is 2. The molecule has 1 fully saturated rings. The smallest absolute Gasteiger partial charge is 0.322 e. The molecule has 1 atom stereocenters. The maximum Gasteiger partial charge on any atom is 0.322 e. The number of fused-ring (bicyclic) bond motifs is 1. The van der Waals surface area contributed by atoms with Crippen LogP contribution in [0.25, 0.3) is 10.9 Å². The van der Waals surface area contributed by atoms with Gasteiger partial charge in [0.05, 0.1) is 5.25 Å². The first kappa shape index (κ1) is 14.1. The van der Waals surface area contributed by atoms with Crippen LogP contribution in [0.5, 0.6) is 0 Å². The standard InChI is InChI=1S/C14H16N2O4S/c17-14(18)13(16-21(19,20)10-5-6-10)7-9-8-15-12-4-2-1-3-11(9)12/h1-4,8,10,13,15-16H,5-7H2,(H,17,18)/t13-/m0/s1. The van der Waals surface area contributed by atoms with Crippen molar-refractivity contribution in [3.8, 4) is 0 Å². The Kier molecular flexibility index (Phi) is 3.46. The van der Waals surface area contributed by atoms with Crippen LogP contribution >= 0.6 is 0 Å². The summed E-state index contributed by atoms with van der Waals surface area (Å²) in [4.78, 5) is 14.4. The number of aromatic nitrogens is 1. The monoisotopic (exact) mass is 308 g/mol. The van der Waals surface area contributed by atoms with Crippen molar-refractivity contribution in [3.63, 3.8) is 0 Å². The first-order valence-corrected chi connectivity index (χ1v) is 8.31. The number of hydrogen-bond donors (Lipinski definition) is 3. The van der Waals surface area contributed by atoms with Crippen LogP contribution in [0.4, 0.5) is 0 Å². The SMILES string of the molecule is O=C(O)[C@H](Cc1c[nH]c2ccccc12)NS(=O)(=O)C1CC1. The van der Waals surface area contributed by atoms with Crippen LogP contribution in [0.15, 0.2) is 30.5 Å². The van der Waals surface area contributed by atoms with Crippen LogP contribution in [-0.2, 0) is 21.2 Å². The Bertz CT molecular complexity index is 777. The Labute approximate surface area is 122 Å². The van der Waals surface area contributed by atoms with E-state index < -0.39 is 27.3 Å². The summed E-state index contributed by atoms with van der Waals surface area (Å²) >= 11 is 0. The quantitative estimate of drug-likeness (QED) is 0.747. The predicted octanol–water partition coefficient (Wildman–Crippen LogP) is 1.25. The second kappa shape index (κ2) is 5.16. The number of sulfonamides is 1. The maximum atomic E-state index is 11.9. The minimum absolute atomic E-state index is 0.116. The molecule has 0 saturated heterocycles. The van der Waals surface area contributed by atoms with Crippen molar-refractivity contribution in [3.05, 3.63) is 36.0 Å². The zero-order chi connectivity index (χ0) is 15.0. The van der Waals surface area contributed by atoms with E-state index in [0.29, 0.717) is 12.8 Å². The number of benzene rings is 1. The summed E-state index contributed by atoms with van der Waals surface area (Å²) in [5.41, 5.74) is 1.69. The molecule has 0 amide bonds. The van der Waals surface area contributed by atoms with Gasteiger partial charge >= 0.3 is 5.97 Å². The van der Waals surface area contributed by atoms with Crippen molar-refractivity contribution >= 4 is 26.9 Å². The topological polar surface area (TPSA) is 99.3 Å². The number of carboxylic acid groups (broad SMARTS) is 1. The van der Waals surface area contributed by atoms with Crippen LogP contribution in [0.2, 0.25) is 0 Å². The molecule has 1 aliphatic carbocycles. The van der Waals surface area contributed by atoms with Gasteiger partial charge in [0.15, 0.2) is 0 Å². The summed E-state index contributed by atoms with van der Waals surface area (Å²) in [6.45, 7) is 0. The highest BCUT2D eigenvalue weighted by Crippen LogP contribution is 2.28. The lowest BCUT2D eigenvalue weighted by Crippen LogP contribution is -2.43. The third kappa shape index (κ3) is 2.93. The number of carboxylic acids is 1. The van der Waals surface area contributed by atoms with E-state index in [1.807, 2.05) is 24.3 Å². The van der Waals surface area contributed by atoms with Crippen LogP contribution in [0.3, 0.4) is 0 Å². The molecule has 112 valence electrons. The summed E-state index contributed by atoms with van der Waals surface area (Å²) in [7, 11) is -3.53. The third-order valence-electron chi connectivity index (χ3n) is 3.67. The van der Waals surface area contributed by atoms with Crippen molar-refractivity contribution < 1.29 is 18.3 Å². The minimum Gasteiger partial charge on any atom is -0.480 e. The van der Waals surface area contributed by atoms with Gasteiger partial charge in [-0.1, -0.05) is 18.2 Å². The van der Waals surface area contributed by atoms with Crippen molar-refractivity contribution in [2.75, 3.05) is 0 Å². The number of hydrogen-bond acceptors (Lipinski definition) is 3. The van der Waals surface area contributed by atoms with Crippen LogP contribution in [0, 0.1) is 0 Å². The fourth-order valence-electron chi connectivity index (χ4n) is 2.37. The molecule has 0 radical (unpaired) electrons. The van der Waals surface area contributed by atoms with E-state index in [1.54, 1.807) is 6.20 Å².